The minimum atomic E-state index is -0.229. The predicted molar refractivity (Wildman–Crippen MR) is 129 cm³/mol. The summed E-state index contributed by atoms with van der Waals surface area (Å²) in [6.07, 6.45) is 3.82. The van der Waals surface area contributed by atoms with Crippen molar-refractivity contribution >= 4 is 27.5 Å². The SMILES string of the molecule is CCCCOc1ccc(Br)cc1C(=O)Nc1ccccc1OCCCc1ccccc1. The van der Waals surface area contributed by atoms with Gasteiger partial charge in [-0.15, -0.1) is 0 Å². The van der Waals surface area contributed by atoms with Crippen LogP contribution in [-0.2, 0) is 6.42 Å². The van der Waals surface area contributed by atoms with E-state index in [1.54, 1.807) is 6.07 Å². The highest BCUT2D eigenvalue weighted by atomic mass is 79.9. The number of para-hydroxylation sites is 2. The first-order chi connectivity index (χ1) is 15.2. The van der Waals surface area contributed by atoms with Crippen molar-refractivity contribution < 1.29 is 14.3 Å². The fourth-order valence-corrected chi connectivity index (χ4v) is 3.48. The monoisotopic (exact) mass is 481 g/mol. The predicted octanol–water partition coefficient (Wildman–Crippen LogP) is 6.89. The van der Waals surface area contributed by atoms with Crippen molar-refractivity contribution in [2.45, 2.75) is 32.6 Å². The van der Waals surface area contributed by atoms with Gasteiger partial charge in [0.05, 0.1) is 24.5 Å². The maximum atomic E-state index is 13.0. The maximum Gasteiger partial charge on any atom is 0.259 e. The molecule has 31 heavy (non-hydrogen) atoms. The molecule has 0 aliphatic heterocycles. The Hall–Kier alpha value is -2.79. The Balaban J connectivity index is 1.63. The highest BCUT2D eigenvalue weighted by Gasteiger charge is 2.15. The van der Waals surface area contributed by atoms with Gasteiger partial charge in [0.25, 0.3) is 5.91 Å². The van der Waals surface area contributed by atoms with Crippen LogP contribution >= 0.6 is 15.9 Å². The lowest BCUT2D eigenvalue weighted by Gasteiger charge is -2.15. The van der Waals surface area contributed by atoms with E-state index in [9.17, 15) is 4.79 Å². The second-order valence-electron chi connectivity index (χ2n) is 7.23. The van der Waals surface area contributed by atoms with Crippen molar-refractivity contribution in [2.24, 2.45) is 0 Å². The smallest absolute Gasteiger partial charge is 0.259 e. The number of unbranched alkanes of at least 4 members (excludes halogenated alkanes) is 1. The minimum absolute atomic E-state index is 0.229. The molecule has 0 aromatic heterocycles. The molecule has 0 heterocycles. The van der Waals surface area contributed by atoms with Crippen LogP contribution in [0.3, 0.4) is 0 Å². The Morgan fingerprint density at radius 1 is 0.871 bits per heavy atom. The summed E-state index contributed by atoms with van der Waals surface area (Å²) < 4.78 is 12.6. The molecule has 3 aromatic rings. The van der Waals surface area contributed by atoms with E-state index in [0.717, 1.165) is 30.2 Å². The molecule has 0 aliphatic carbocycles. The number of carbonyl (C=O) groups is 1. The molecular formula is C26H28BrNO3. The van der Waals surface area contributed by atoms with Crippen LogP contribution in [0.15, 0.2) is 77.3 Å². The van der Waals surface area contributed by atoms with Gasteiger partial charge in [-0.2, -0.15) is 0 Å². The molecular weight excluding hydrogens is 454 g/mol. The number of hydrogen-bond donors (Lipinski definition) is 1. The summed E-state index contributed by atoms with van der Waals surface area (Å²) in [5.41, 5.74) is 2.42. The molecule has 0 bridgehead atoms. The van der Waals surface area contributed by atoms with E-state index in [-0.39, 0.29) is 5.91 Å². The molecule has 0 saturated heterocycles. The zero-order valence-corrected chi connectivity index (χ0v) is 19.4. The summed E-state index contributed by atoms with van der Waals surface area (Å²) >= 11 is 3.45. The topological polar surface area (TPSA) is 47.6 Å². The number of amides is 1. The van der Waals surface area contributed by atoms with Gasteiger partial charge in [0.2, 0.25) is 0 Å². The third-order valence-electron chi connectivity index (χ3n) is 4.79. The van der Waals surface area contributed by atoms with E-state index < -0.39 is 0 Å². The number of benzene rings is 3. The molecule has 0 saturated carbocycles. The number of rotatable bonds is 11. The molecule has 0 spiro atoms. The molecule has 1 N–H and O–H groups in total. The standard InChI is InChI=1S/C26H28BrNO3/c1-2-3-17-30-24-16-15-21(27)19-22(24)26(29)28-23-13-7-8-14-25(23)31-18-9-12-20-10-5-4-6-11-20/h4-8,10-11,13-16,19H,2-3,9,12,17-18H2,1H3,(H,28,29). The van der Waals surface area contributed by atoms with E-state index in [4.69, 9.17) is 9.47 Å². The van der Waals surface area contributed by atoms with Gasteiger partial charge >= 0.3 is 0 Å². The summed E-state index contributed by atoms with van der Waals surface area (Å²) in [7, 11) is 0. The van der Waals surface area contributed by atoms with Crippen molar-refractivity contribution in [2.75, 3.05) is 18.5 Å². The van der Waals surface area contributed by atoms with Crippen molar-refractivity contribution in [3.63, 3.8) is 0 Å². The van der Waals surface area contributed by atoms with Gasteiger partial charge in [0.15, 0.2) is 0 Å². The number of hydrogen-bond acceptors (Lipinski definition) is 3. The summed E-state index contributed by atoms with van der Waals surface area (Å²) in [5, 5.41) is 2.98. The van der Waals surface area contributed by atoms with Crippen LogP contribution in [0.1, 0.15) is 42.1 Å². The molecule has 0 unspecified atom stereocenters. The van der Waals surface area contributed by atoms with Crippen LogP contribution in [-0.4, -0.2) is 19.1 Å². The summed E-state index contributed by atoms with van der Waals surface area (Å²) in [6.45, 7) is 3.26. The Kier molecular flexibility index (Phi) is 8.98. The maximum absolute atomic E-state index is 13.0. The number of carbonyl (C=O) groups excluding carboxylic acids is 1. The van der Waals surface area contributed by atoms with Crippen LogP contribution < -0.4 is 14.8 Å². The van der Waals surface area contributed by atoms with E-state index in [1.165, 1.54) is 5.56 Å². The summed E-state index contributed by atoms with van der Waals surface area (Å²) in [6, 6.07) is 23.3. The molecule has 162 valence electrons. The van der Waals surface area contributed by atoms with Gasteiger partial charge in [-0.25, -0.2) is 0 Å². The molecule has 0 radical (unpaired) electrons. The van der Waals surface area contributed by atoms with Crippen LogP contribution in [0.2, 0.25) is 0 Å². The first kappa shape index (κ1) is 22.9. The minimum Gasteiger partial charge on any atom is -0.493 e. The number of nitrogens with one attached hydrogen (secondary N) is 1. The van der Waals surface area contributed by atoms with E-state index in [0.29, 0.717) is 36.0 Å². The first-order valence-electron chi connectivity index (χ1n) is 10.7. The van der Waals surface area contributed by atoms with Crippen molar-refractivity contribution in [3.8, 4) is 11.5 Å². The molecule has 3 rings (SSSR count). The highest BCUT2D eigenvalue weighted by molar-refractivity contribution is 9.10. The van der Waals surface area contributed by atoms with Crippen LogP contribution in [0.25, 0.3) is 0 Å². The molecule has 3 aromatic carbocycles. The number of aryl methyl sites for hydroxylation is 1. The van der Waals surface area contributed by atoms with Gasteiger partial charge in [-0.05, 0) is 55.2 Å². The number of anilines is 1. The molecule has 0 fully saturated rings. The Morgan fingerprint density at radius 3 is 2.39 bits per heavy atom. The summed E-state index contributed by atoms with van der Waals surface area (Å²) in [5.74, 6) is 1.01. The van der Waals surface area contributed by atoms with E-state index in [1.807, 2.05) is 54.6 Å². The van der Waals surface area contributed by atoms with Crippen molar-refractivity contribution in [1.82, 2.24) is 0 Å². The van der Waals surface area contributed by atoms with E-state index in [2.05, 4.69) is 40.3 Å². The van der Waals surface area contributed by atoms with Crippen LogP contribution in [0.4, 0.5) is 5.69 Å². The van der Waals surface area contributed by atoms with Gasteiger partial charge in [0, 0.05) is 4.47 Å². The molecule has 1 amide bonds. The second-order valence-corrected chi connectivity index (χ2v) is 8.15. The molecule has 4 nitrogen and oxygen atoms in total. The highest BCUT2D eigenvalue weighted by Crippen LogP contribution is 2.28. The van der Waals surface area contributed by atoms with Crippen molar-refractivity contribution in [1.29, 1.82) is 0 Å². The lowest BCUT2D eigenvalue weighted by Crippen LogP contribution is -2.15. The molecule has 0 aliphatic rings. The average Bonchev–Trinajstić information content (AvgIpc) is 2.79. The zero-order valence-electron chi connectivity index (χ0n) is 17.8. The molecule has 0 atom stereocenters. The normalized spacial score (nSPS) is 10.5. The molecule has 5 heteroatoms. The Bertz CT molecular complexity index is 975. The first-order valence-corrected chi connectivity index (χ1v) is 11.5. The zero-order chi connectivity index (χ0) is 21.9. The number of ether oxygens (including phenoxy) is 2. The quantitative estimate of drug-likeness (QED) is 0.303. The fraction of sp³-hybridized carbons (Fsp3) is 0.269. The summed E-state index contributed by atoms with van der Waals surface area (Å²) in [4.78, 5) is 13.0. The fourth-order valence-electron chi connectivity index (χ4n) is 3.12. The number of halogens is 1. The van der Waals surface area contributed by atoms with Crippen LogP contribution in [0.5, 0.6) is 11.5 Å². The Labute approximate surface area is 192 Å². The van der Waals surface area contributed by atoms with Gasteiger partial charge < -0.3 is 14.8 Å². The van der Waals surface area contributed by atoms with Gasteiger partial charge in [-0.1, -0.05) is 71.7 Å². The lowest BCUT2D eigenvalue weighted by molar-refractivity contribution is 0.102. The second kappa shape index (κ2) is 12.2. The largest absolute Gasteiger partial charge is 0.493 e. The van der Waals surface area contributed by atoms with Crippen LogP contribution in [0, 0.1) is 0 Å². The van der Waals surface area contributed by atoms with E-state index >= 15 is 0 Å². The van der Waals surface area contributed by atoms with Gasteiger partial charge in [0.1, 0.15) is 11.5 Å². The average molecular weight is 482 g/mol. The lowest BCUT2D eigenvalue weighted by atomic mass is 10.1. The third-order valence-corrected chi connectivity index (χ3v) is 5.28. The van der Waals surface area contributed by atoms with Gasteiger partial charge in [-0.3, -0.25) is 4.79 Å². The Morgan fingerprint density at radius 2 is 1.58 bits per heavy atom. The van der Waals surface area contributed by atoms with Crippen molar-refractivity contribution in [3.05, 3.63) is 88.4 Å². The third kappa shape index (κ3) is 7.14.